The Hall–Kier alpha value is -1.26. The summed E-state index contributed by atoms with van der Waals surface area (Å²) in [6.45, 7) is 3.07. The number of hydrogen-bond donors (Lipinski definition) is 1. The summed E-state index contributed by atoms with van der Waals surface area (Å²) in [6.07, 6.45) is 9.06. The minimum absolute atomic E-state index is 0. The van der Waals surface area contributed by atoms with Crippen LogP contribution in [-0.2, 0) is 9.47 Å². The summed E-state index contributed by atoms with van der Waals surface area (Å²) in [6, 6.07) is 6.37. The van der Waals surface area contributed by atoms with Crippen LogP contribution in [0.15, 0.2) is 18.2 Å². The van der Waals surface area contributed by atoms with Crippen molar-refractivity contribution in [2.45, 2.75) is 64.0 Å². The molecule has 4 rings (SSSR count). The Balaban J connectivity index is 0.00000196. The molecule has 2 heterocycles. The topological polar surface area (TPSA) is 47.6 Å². The number of benzene rings is 1. The fourth-order valence-electron chi connectivity index (χ4n) is 5.07. The van der Waals surface area contributed by atoms with Crippen molar-refractivity contribution < 1.29 is 14.3 Å². The van der Waals surface area contributed by atoms with E-state index >= 15 is 0 Å². The van der Waals surface area contributed by atoms with Crippen LogP contribution in [-0.4, -0.2) is 25.2 Å². The quantitative estimate of drug-likeness (QED) is 0.740. The van der Waals surface area contributed by atoms with Gasteiger partial charge in [0.1, 0.15) is 0 Å². The van der Waals surface area contributed by atoms with E-state index in [1.807, 2.05) is 19.1 Å². The van der Waals surface area contributed by atoms with Crippen molar-refractivity contribution in [2.75, 3.05) is 18.5 Å². The summed E-state index contributed by atoms with van der Waals surface area (Å²) in [5, 5.41) is 3.79. The second-order valence-electron chi connectivity index (χ2n) is 7.66. The monoisotopic (exact) mass is 379 g/mol. The molecule has 1 aliphatic carbocycles. The number of fused-ring (bicyclic) bond motifs is 3. The van der Waals surface area contributed by atoms with Gasteiger partial charge in [-0.2, -0.15) is 0 Å². The van der Waals surface area contributed by atoms with Gasteiger partial charge in [-0.1, -0.05) is 31.4 Å². The van der Waals surface area contributed by atoms with Crippen molar-refractivity contribution in [3.05, 3.63) is 29.3 Å². The molecular weight excluding hydrogens is 350 g/mol. The van der Waals surface area contributed by atoms with Crippen molar-refractivity contribution in [2.24, 2.45) is 11.8 Å². The number of halogens is 1. The number of hydrogen-bond acceptors (Lipinski definition) is 4. The van der Waals surface area contributed by atoms with Gasteiger partial charge in [-0.3, -0.25) is 0 Å². The van der Waals surface area contributed by atoms with Crippen LogP contribution in [0.25, 0.3) is 0 Å². The standard InChI is InChI=1S/C21H29NO3.ClH/c1-2-24-21(23)17-11-6-10-16-19(17)22-18(14-8-4-3-5-9-14)15-12-7-13-25-20(15)16;/h6,10-11,14-15,18,20,22H,2-5,7-9,12-13H2,1H3;1H/t15-,18+,20-;/m0./s1. The Morgan fingerprint density at radius 2 is 2.00 bits per heavy atom. The third-order valence-electron chi connectivity index (χ3n) is 6.20. The van der Waals surface area contributed by atoms with Crippen molar-refractivity contribution in [1.82, 2.24) is 0 Å². The molecule has 2 fully saturated rings. The molecule has 0 amide bonds. The summed E-state index contributed by atoms with van der Waals surface area (Å²) in [4.78, 5) is 12.5. The average molecular weight is 380 g/mol. The zero-order chi connectivity index (χ0) is 17.2. The van der Waals surface area contributed by atoms with E-state index < -0.39 is 0 Å². The first-order chi connectivity index (χ1) is 12.3. The van der Waals surface area contributed by atoms with Gasteiger partial charge in [0, 0.05) is 24.1 Å². The van der Waals surface area contributed by atoms with Crippen molar-refractivity contribution in [3.63, 3.8) is 0 Å². The third kappa shape index (κ3) is 3.59. The zero-order valence-electron chi connectivity index (χ0n) is 15.5. The highest BCUT2D eigenvalue weighted by atomic mass is 35.5. The lowest BCUT2D eigenvalue weighted by Gasteiger charge is -2.47. The van der Waals surface area contributed by atoms with E-state index in [0.29, 0.717) is 30.0 Å². The van der Waals surface area contributed by atoms with Crippen LogP contribution < -0.4 is 5.32 Å². The fourth-order valence-corrected chi connectivity index (χ4v) is 5.07. The van der Waals surface area contributed by atoms with E-state index in [9.17, 15) is 4.79 Å². The number of carbonyl (C=O) groups is 1. The van der Waals surface area contributed by atoms with E-state index in [1.165, 1.54) is 38.5 Å². The average Bonchev–Trinajstić information content (AvgIpc) is 2.67. The van der Waals surface area contributed by atoms with Crippen LogP contribution >= 0.6 is 12.4 Å². The normalized spacial score (nSPS) is 28.1. The fraction of sp³-hybridized carbons (Fsp3) is 0.667. The summed E-state index contributed by atoms with van der Waals surface area (Å²) >= 11 is 0. The lowest BCUT2D eigenvalue weighted by atomic mass is 9.71. The van der Waals surface area contributed by atoms with E-state index in [1.54, 1.807) is 0 Å². The number of anilines is 1. The highest BCUT2D eigenvalue weighted by Gasteiger charge is 2.43. The Morgan fingerprint density at radius 1 is 1.19 bits per heavy atom. The molecule has 144 valence electrons. The summed E-state index contributed by atoms with van der Waals surface area (Å²) in [7, 11) is 0. The van der Waals surface area contributed by atoms with Crippen LogP contribution in [0.4, 0.5) is 5.69 Å². The molecule has 3 aliphatic rings. The smallest absolute Gasteiger partial charge is 0.340 e. The number of esters is 1. The van der Waals surface area contributed by atoms with Crippen molar-refractivity contribution >= 4 is 24.1 Å². The minimum atomic E-state index is -0.233. The Kier molecular flexibility index (Phi) is 6.46. The first kappa shape index (κ1) is 19.5. The maximum atomic E-state index is 12.5. The first-order valence-corrected chi connectivity index (χ1v) is 9.97. The lowest BCUT2D eigenvalue weighted by Crippen LogP contribution is -2.46. The molecule has 1 aromatic rings. The van der Waals surface area contributed by atoms with Crippen LogP contribution in [0, 0.1) is 11.8 Å². The van der Waals surface area contributed by atoms with E-state index in [2.05, 4.69) is 11.4 Å². The van der Waals surface area contributed by atoms with Crippen molar-refractivity contribution in [3.8, 4) is 0 Å². The third-order valence-corrected chi connectivity index (χ3v) is 6.20. The lowest BCUT2D eigenvalue weighted by molar-refractivity contribution is -0.0458. The van der Waals surface area contributed by atoms with Gasteiger partial charge in [-0.05, 0) is 44.6 Å². The predicted octanol–water partition coefficient (Wildman–Crippen LogP) is 5.13. The number of carbonyl (C=O) groups excluding carboxylic acids is 1. The number of para-hydroxylation sites is 1. The Bertz CT molecular complexity index is 630. The molecular formula is C21H30ClNO3. The van der Waals surface area contributed by atoms with E-state index in [-0.39, 0.29) is 24.5 Å². The van der Waals surface area contributed by atoms with Gasteiger partial charge >= 0.3 is 5.97 Å². The molecule has 2 aliphatic heterocycles. The van der Waals surface area contributed by atoms with Crippen LogP contribution in [0.5, 0.6) is 0 Å². The Morgan fingerprint density at radius 3 is 2.77 bits per heavy atom. The van der Waals surface area contributed by atoms with Gasteiger partial charge in [0.2, 0.25) is 0 Å². The molecule has 1 saturated heterocycles. The SMILES string of the molecule is CCOC(=O)c1cccc2c1N[C@H](C1CCCCC1)[C@@H]1CCCO[C@H]21.Cl. The highest BCUT2D eigenvalue weighted by Crippen LogP contribution is 2.48. The van der Waals surface area contributed by atoms with Gasteiger partial charge in [0.25, 0.3) is 0 Å². The van der Waals surface area contributed by atoms with Crippen LogP contribution in [0.2, 0.25) is 0 Å². The zero-order valence-corrected chi connectivity index (χ0v) is 16.4. The molecule has 1 N–H and O–H groups in total. The first-order valence-electron chi connectivity index (χ1n) is 9.97. The summed E-state index contributed by atoms with van der Waals surface area (Å²) < 4.78 is 11.5. The van der Waals surface area contributed by atoms with Gasteiger partial charge in [-0.15, -0.1) is 12.4 Å². The van der Waals surface area contributed by atoms with Crippen LogP contribution in [0.3, 0.4) is 0 Å². The van der Waals surface area contributed by atoms with Gasteiger partial charge in [-0.25, -0.2) is 4.79 Å². The van der Waals surface area contributed by atoms with Crippen molar-refractivity contribution in [1.29, 1.82) is 0 Å². The van der Waals surface area contributed by atoms with Gasteiger partial charge in [0.05, 0.1) is 24.0 Å². The highest BCUT2D eigenvalue weighted by molar-refractivity contribution is 5.97. The summed E-state index contributed by atoms with van der Waals surface area (Å²) in [5.41, 5.74) is 2.76. The maximum Gasteiger partial charge on any atom is 0.340 e. The molecule has 0 spiro atoms. The van der Waals surface area contributed by atoms with E-state index in [0.717, 1.165) is 24.3 Å². The predicted molar refractivity (Wildman–Crippen MR) is 105 cm³/mol. The number of nitrogens with one attached hydrogen (secondary N) is 1. The van der Waals surface area contributed by atoms with Crippen LogP contribution in [0.1, 0.15) is 73.9 Å². The Labute approximate surface area is 162 Å². The largest absolute Gasteiger partial charge is 0.462 e. The molecule has 1 saturated carbocycles. The molecule has 0 bridgehead atoms. The molecule has 0 aromatic heterocycles. The summed E-state index contributed by atoms with van der Waals surface area (Å²) in [5.74, 6) is 0.969. The molecule has 26 heavy (non-hydrogen) atoms. The number of ether oxygens (including phenoxy) is 2. The minimum Gasteiger partial charge on any atom is -0.462 e. The van der Waals surface area contributed by atoms with Gasteiger partial charge in [0.15, 0.2) is 0 Å². The van der Waals surface area contributed by atoms with Gasteiger partial charge < -0.3 is 14.8 Å². The molecule has 1 aromatic carbocycles. The molecule has 4 nitrogen and oxygen atoms in total. The number of rotatable bonds is 3. The second kappa shape index (κ2) is 8.62. The molecule has 0 radical (unpaired) electrons. The second-order valence-corrected chi connectivity index (χ2v) is 7.66. The van der Waals surface area contributed by atoms with E-state index in [4.69, 9.17) is 9.47 Å². The molecule has 5 heteroatoms. The molecule has 3 atom stereocenters. The molecule has 0 unspecified atom stereocenters. The maximum absolute atomic E-state index is 12.5.